The second-order valence-electron chi connectivity index (χ2n) is 6.22. The van der Waals surface area contributed by atoms with E-state index in [2.05, 4.69) is 29.2 Å². The third-order valence-corrected chi connectivity index (χ3v) is 4.77. The molecule has 0 atom stereocenters. The lowest BCUT2D eigenvalue weighted by Gasteiger charge is -2.37. The number of nitrogens with zero attached hydrogens (tertiary/aromatic N) is 3. The predicted molar refractivity (Wildman–Crippen MR) is 103 cm³/mol. The lowest BCUT2D eigenvalue weighted by molar-refractivity contribution is -0.384. The van der Waals surface area contributed by atoms with Crippen LogP contribution in [0.2, 0.25) is 0 Å². The summed E-state index contributed by atoms with van der Waals surface area (Å²) >= 11 is 0. The van der Waals surface area contributed by atoms with Crippen LogP contribution in [0.25, 0.3) is 0 Å². The molecular weight excluding hydrogens is 338 g/mol. The average molecular weight is 355 g/mol. The summed E-state index contributed by atoms with van der Waals surface area (Å²) in [5.41, 5.74) is 2.39. The molecule has 0 aliphatic heterocycles. The summed E-state index contributed by atoms with van der Waals surface area (Å²) in [6.07, 6.45) is 5.44. The Morgan fingerprint density at radius 1 is 0.778 bits per heavy atom. The Hall–Kier alpha value is -3.73. The van der Waals surface area contributed by atoms with Gasteiger partial charge in [0.15, 0.2) is 0 Å². The van der Waals surface area contributed by atoms with Crippen molar-refractivity contribution in [2.24, 2.45) is 0 Å². The topological polar surface area (TPSA) is 61.0 Å². The van der Waals surface area contributed by atoms with Crippen molar-refractivity contribution in [3.05, 3.63) is 130 Å². The van der Waals surface area contributed by atoms with E-state index in [9.17, 15) is 10.1 Å². The Balaban J connectivity index is 2.06. The molecule has 0 amide bonds. The monoisotopic (exact) mass is 355 g/mol. The zero-order valence-electron chi connectivity index (χ0n) is 14.5. The van der Waals surface area contributed by atoms with Gasteiger partial charge in [-0.2, -0.15) is 0 Å². The molecule has 0 unspecified atom stereocenters. The molecule has 4 rings (SSSR count). The molecule has 0 spiro atoms. The van der Waals surface area contributed by atoms with Crippen molar-refractivity contribution in [3.63, 3.8) is 0 Å². The Kier molecular flexibility index (Phi) is 4.26. The number of hydrogen-bond donors (Lipinski definition) is 0. The van der Waals surface area contributed by atoms with Gasteiger partial charge >= 0.3 is 0 Å². The fraction of sp³-hybridized carbons (Fsp3) is 0.0455. The maximum Gasteiger partial charge on any atom is 0.269 e. The van der Waals surface area contributed by atoms with E-state index in [1.165, 1.54) is 0 Å². The fourth-order valence-corrected chi connectivity index (χ4v) is 3.59. The second kappa shape index (κ2) is 6.88. The predicted octanol–water partition coefficient (Wildman–Crippen LogP) is 4.63. The van der Waals surface area contributed by atoms with Gasteiger partial charge in [0.2, 0.25) is 0 Å². The molecule has 0 fully saturated rings. The summed E-state index contributed by atoms with van der Waals surface area (Å²) < 4.78 is 2.04. The molecule has 132 valence electrons. The first kappa shape index (κ1) is 16.7. The highest BCUT2D eigenvalue weighted by Gasteiger charge is 2.38. The van der Waals surface area contributed by atoms with Gasteiger partial charge in [0, 0.05) is 24.5 Å². The minimum atomic E-state index is -0.686. The Morgan fingerprint density at radius 3 is 1.74 bits per heavy atom. The Labute approximate surface area is 156 Å². The Bertz CT molecular complexity index is 989. The molecule has 0 aliphatic rings. The summed E-state index contributed by atoms with van der Waals surface area (Å²) in [6, 6.07) is 26.9. The van der Waals surface area contributed by atoms with E-state index < -0.39 is 5.54 Å². The van der Waals surface area contributed by atoms with Crippen LogP contribution in [-0.2, 0) is 5.54 Å². The number of nitro benzene ring substituents is 1. The number of rotatable bonds is 5. The minimum absolute atomic E-state index is 0.0689. The van der Waals surface area contributed by atoms with Crippen molar-refractivity contribution in [2.45, 2.75) is 5.54 Å². The lowest BCUT2D eigenvalue weighted by Crippen LogP contribution is -2.36. The number of nitro groups is 1. The summed E-state index contributed by atoms with van der Waals surface area (Å²) in [5, 5.41) is 11.1. The van der Waals surface area contributed by atoms with Gasteiger partial charge in [-0.05, 0) is 28.8 Å². The maximum atomic E-state index is 11.1. The molecule has 0 saturated carbocycles. The van der Waals surface area contributed by atoms with Crippen molar-refractivity contribution >= 4 is 5.69 Å². The highest BCUT2D eigenvalue weighted by atomic mass is 16.6. The van der Waals surface area contributed by atoms with Crippen LogP contribution in [0.4, 0.5) is 5.69 Å². The Morgan fingerprint density at radius 2 is 1.30 bits per heavy atom. The van der Waals surface area contributed by atoms with Crippen LogP contribution in [0.15, 0.2) is 104 Å². The van der Waals surface area contributed by atoms with Gasteiger partial charge in [-0.1, -0.05) is 60.7 Å². The third kappa shape index (κ3) is 2.79. The number of benzene rings is 3. The first-order valence-corrected chi connectivity index (χ1v) is 8.57. The van der Waals surface area contributed by atoms with Crippen molar-refractivity contribution < 1.29 is 4.92 Å². The van der Waals surface area contributed by atoms with E-state index in [0.29, 0.717) is 0 Å². The number of non-ortho nitro benzene ring substituents is 1. The number of hydrogen-bond acceptors (Lipinski definition) is 3. The van der Waals surface area contributed by atoms with E-state index in [0.717, 1.165) is 16.7 Å². The van der Waals surface area contributed by atoms with Crippen molar-refractivity contribution in [1.82, 2.24) is 9.55 Å². The molecule has 0 saturated heterocycles. The molecule has 1 aromatic heterocycles. The van der Waals surface area contributed by atoms with E-state index >= 15 is 0 Å². The minimum Gasteiger partial charge on any atom is -0.319 e. The van der Waals surface area contributed by atoms with E-state index in [1.54, 1.807) is 24.7 Å². The molecule has 27 heavy (non-hydrogen) atoms. The largest absolute Gasteiger partial charge is 0.319 e. The maximum absolute atomic E-state index is 11.1. The fourth-order valence-electron chi connectivity index (χ4n) is 3.59. The molecule has 1 heterocycles. The van der Waals surface area contributed by atoms with E-state index in [-0.39, 0.29) is 10.6 Å². The highest BCUT2D eigenvalue weighted by Crippen LogP contribution is 2.40. The molecule has 0 radical (unpaired) electrons. The van der Waals surface area contributed by atoms with Crippen molar-refractivity contribution in [2.75, 3.05) is 0 Å². The van der Waals surface area contributed by atoms with Crippen LogP contribution >= 0.6 is 0 Å². The van der Waals surface area contributed by atoms with Gasteiger partial charge in [0.1, 0.15) is 5.54 Å². The first-order chi connectivity index (χ1) is 13.2. The first-order valence-electron chi connectivity index (χ1n) is 8.57. The van der Waals surface area contributed by atoms with Gasteiger partial charge in [-0.3, -0.25) is 10.1 Å². The van der Waals surface area contributed by atoms with Crippen molar-refractivity contribution in [3.8, 4) is 0 Å². The summed E-state index contributed by atoms with van der Waals surface area (Å²) in [6.45, 7) is 0. The molecule has 4 aromatic rings. The van der Waals surface area contributed by atoms with Crippen LogP contribution in [0.1, 0.15) is 16.7 Å². The van der Waals surface area contributed by atoms with Crippen LogP contribution < -0.4 is 0 Å². The molecule has 5 nitrogen and oxygen atoms in total. The SMILES string of the molecule is O=[N+]([O-])c1ccc(C(c2ccccc2)(c2ccccc2)n2ccnc2)cc1. The molecule has 0 bridgehead atoms. The summed E-state index contributed by atoms with van der Waals surface area (Å²) in [7, 11) is 0. The average Bonchev–Trinajstić information content (AvgIpc) is 3.26. The molecule has 0 aliphatic carbocycles. The van der Waals surface area contributed by atoms with Gasteiger partial charge in [-0.25, -0.2) is 4.98 Å². The second-order valence-corrected chi connectivity index (χ2v) is 6.22. The van der Waals surface area contributed by atoms with E-state index in [4.69, 9.17) is 0 Å². The van der Waals surface area contributed by atoms with Gasteiger partial charge in [0.25, 0.3) is 5.69 Å². The van der Waals surface area contributed by atoms with Gasteiger partial charge in [-0.15, -0.1) is 0 Å². The van der Waals surface area contributed by atoms with Crippen LogP contribution in [0.3, 0.4) is 0 Å². The molecule has 5 heteroatoms. The molecule has 3 aromatic carbocycles. The zero-order valence-corrected chi connectivity index (χ0v) is 14.5. The molecular formula is C22H17N3O2. The van der Waals surface area contributed by atoms with Crippen molar-refractivity contribution in [1.29, 1.82) is 0 Å². The number of aromatic nitrogens is 2. The quantitative estimate of drug-likeness (QED) is 0.298. The van der Waals surface area contributed by atoms with Gasteiger partial charge in [0.05, 0.1) is 11.3 Å². The van der Waals surface area contributed by atoms with Crippen LogP contribution in [0, 0.1) is 10.1 Å². The zero-order chi connectivity index (χ0) is 18.7. The van der Waals surface area contributed by atoms with Crippen LogP contribution in [0.5, 0.6) is 0 Å². The standard InChI is InChI=1S/C22H17N3O2/c26-25(27)21-13-11-20(12-14-21)22(24-16-15-23-17-24,18-7-3-1-4-8-18)19-9-5-2-6-10-19/h1-17H. The van der Waals surface area contributed by atoms with Gasteiger partial charge < -0.3 is 4.57 Å². The number of imidazole rings is 1. The smallest absolute Gasteiger partial charge is 0.269 e. The third-order valence-electron chi connectivity index (χ3n) is 4.77. The summed E-state index contributed by atoms with van der Waals surface area (Å²) in [4.78, 5) is 15.0. The normalized spacial score (nSPS) is 11.3. The van der Waals surface area contributed by atoms with Crippen LogP contribution in [-0.4, -0.2) is 14.5 Å². The summed E-state index contributed by atoms with van der Waals surface area (Å²) in [5.74, 6) is 0. The van der Waals surface area contributed by atoms with E-state index in [1.807, 2.05) is 59.3 Å². The lowest BCUT2D eigenvalue weighted by atomic mass is 9.76. The highest BCUT2D eigenvalue weighted by molar-refractivity contribution is 5.52. The molecule has 0 N–H and O–H groups in total.